The van der Waals surface area contributed by atoms with Gasteiger partial charge in [-0.25, -0.2) is 0 Å². The molecule has 1 aliphatic heterocycles. The summed E-state index contributed by atoms with van der Waals surface area (Å²) in [5, 5.41) is 5.07. The van der Waals surface area contributed by atoms with E-state index in [-0.39, 0.29) is 5.91 Å². The van der Waals surface area contributed by atoms with Crippen LogP contribution in [-0.2, 0) is 13.6 Å². The van der Waals surface area contributed by atoms with E-state index in [1.807, 2.05) is 38.8 Å². The highest BCUT2D eigenvalue weighted by molar-refractivity contribution is 6.30. The lowest BCUT2D eigenvalue weighted by atomic mass is 10.2. The first-order valence-corrected chi connectivity index (χ1v) is 9.01. The molecule has 0 unspecified atom stereocenters. The molecule has 1 saturated heterocycles. The molecular weight excluding hydrogens is 340 g/mol. The van der Waals surface area contributed by atoms with Crippen molar-refractivity contribution < 1.29 is 9.21 Å². The van der Waals surface area contributed by atoms with Crippen LogP contribution in [0.3, 0.4) is 0 Å². The molecule has 0 bridgehead atoms. The predicted octanol–water partition coefficient (Wildman–Crippen LogP) is 2.94. The lowest BCUT2D eigenvalue weighted by Crippen LogP contribution is -2.35. The van der Waals surface area contributed by atoms with Crippen LogP contribution in [0.1, 0.15) is 39.6 Å². The first-order valence-electron chi connectivity index (χ1n) is 8.63. The van der Waals surface area contributed by atoms with E-state index in [1.54, 1.807) is 4.68 Å². The van der Waals surface area contributed by atoms with Gasteiger partial charge in [0.05, 0.1) is 11.3 Å². The number of aryl methyl sites for hydroxylation is 4. The lowest BCUT2D eigenvalue weighted by molar-refractivity contribution is 0.0759. The Morgan fingerprint density at radius 1 is 1.24 bits per heavy atom. The number of furan rings is 1. The standard InChI is InChI=1S/C18H25ClN4O2/c1-12-10-15(14(3)25-12)18(24)23-7-5-6-22(8-9-23)11-16-13(2)20-21(4)17(16)19/h10H,5-9,11H2,1-4H3. The van der Waals surface area contributed by atoms with E-state index in [0.717, 1.165) is 49.6 Å². The van der Waals surface area contributed by atoms with Gasteiger partial charge in [0.15, 0.2) is 0 Å². The van der Waals surface area contributed by atoms with Crippen molar-refractivity contribution in [2.75, 3.05) is 26.2 Å². The zero-order valence-electron chi connectivity index (χ0n) is 15.3. The third-order valence-corrected chi connectivity index (χ3v) is 5.27. The van der Waals surface area contributed by atoms with E-state index in [9.17, 15) is 4.79 Å². The summed E-state index contributed by atoms with van der Waals surface area (Å²) in [6, 6.07) is 1.83. The van der Waals surface area contributed by atoms with E-state index < -0.39 is 0 Å². The van der Waals surface area contributed by atoms with Gasteiger partial charge in [-0.05, 0) is 33.3 Å². The second kappa shape index (κ2) is 7.22. The Morgan fingerprint density at radius 3 is 2.60 bits per heavy atom. The third-order valence-electron chi connectivity index (χ3n) is 4.80. The molecule has 0 atom stereocenters. The molecule has 0 saturated carbocycles. The summed E-state index contributed by atoms with van der Waals surface area (Å²) in [6.45, 7) is 9.71. The van der Waals surface area contributed by atoms with Gasteiger partial charge in [0, 0.05) is 45.3 Å². The highest BCUT2D eigenvalue weighted by Gasteiger charge is 2.24. The summed E-state index contributed by atoms with van der Waals surface area (Å²) in [6.07, 6.45) is 0.943. The number of hydrogen-bond donors (Lipinski definition) is 0. The molecule has 1 aliphatic rings. The van der Waals surface area contributed by atoms with Gasteiger partial charge in [-0.1, -0.05) is 11.6 Å². The van der Waals surface area contributed by atoms with E-state index >= 15 is 0 Å². The van der Waals surface area contributed by atoms with Gasteiger partial charge in [0.2, 0.25) is 0 Å². The maximum absolute atomic E-state index is 12.8. The Hall–Kier alpha value is -1.79. The van der Waals surface area contributed by atoms with E-state index in [1.165, 1.54) is 0 Å². The van der Waals surface area contributed by atoms with Crippen LogP contribution in [0.25, 0.3) is 0 Å². The minimum atomic E-state index is 0.0618. The summed E-state index contributed by atoms with van der Waals surface area (Å²) in [5.74, 6) is 1.53. The second-order valence-corrected chi connectivity index (χ2v) is 7.09. The molecule has 2 aromatic rings. The van der Waals surface area contributed by atoms with E-state index in [2.05, 4.69) is 10.00 Å². The normalized spacial score (nSPS) is 16.3. The van der Waals surface area contributed by atoms with Crippen LogP contribution in [0.2, 0.25) is 5.15 Å². The van der Waals surface area contributed by atoms with Crippen molar-refractivity contribution in [3.8, 4) is 0 Å². The van der Waals surface area contributed by atoms with Crippen LogP contribution < -0.4 is 0 Å². The molecule has 136 valence electrons. The molecule has 2 aromatic heterocycles. The van der Waals surface area contributed by atoms with Crippen LogP contribution >= 0.6 is 11.6 Å². The maximum Gasteiger partial charge on any atom is 0.257 e. The van der Waals surface area contributed by atoms with Gasteiger partial charge < -0.3 is 9.32 Å². The summed E-state index contributed by atoms with van der Waals surface area (Å²) >= 11 is 6.35. The Morgan fingerprint density at radius 2 is 2.00 bits per heavy atom. The number of hydrogen-bond acceptors (Lipinski definition) is 4. The fraction of sp³-hybridized carbons (Fsp3) is 0.556. The number of rotatable bonds is 3. The summed E-state index contributed by atoms with van der Waals surface area (Å²) in [4.78, 5) is 17.0. The number of carbonyl (C=O) groups excluding carboxylic acids is 1. The van der Waals surface area contributed by atoms with Gasteiger partial charge in [0.1, 0.15) is 16.7 Å². The number of nitrogens with zero attached hydrogens (tertiary/aromatic N) is 4. The molecule has 1 amide bonds. The van der Waals surface area contributed by atoms with Crippen molar-refractivity contribution in [3.63, 3.8) is 0 Å². The van der Waals surface area contributed by atoms with Crippen LogP contribution in [-0.4, -0.2) is 51.7 Å². The quantitative estimate of drug-likeness (QED) is 0.840. The zero-order chi connectivity index (χ0) is 18.1. The topological polar surface area (TPSA) is 54.5 Å². The molecule has 0 spiro atoms. The number of halogens is 1. The molecule has 1 fully saturated rings. The van der Waals surface area contributed by atoms with Crippen LogP contribution in [0.4, 0.5) is 0 Å². The van der Waals surface area contributed by atoms with Crippen LogP contribution in [0.15, 0.2) is 10.5 Å². The molecule has 25 heavy (non-hydrogen) atoms. The summed E-state index contributed by atoms with van der Waals surface area (Å²) in [7, 11) is 1.86. The van der Waals surface area contributed by atoms with Gasteiger partial charge in [-0.3, -0.25) is 14.4 Å². The minimum absolute atomic E-state index is 0.0618. The second-order valence-electron chi connectivity index (χ2n) is 6.73. The van der Waals surface area contributed by atoms with Crippen molar-refractivity contribution in [2.45, 2.75) is 33.7 Å². The largest absolute Gasteiger partial charge is 0.466 e. The maximum atomic E-state index is 12.8. The Bertz CT molecular complexity index is 780. The summed E-state index contributed by atoms with van der Waals surface area (Å²) < 4.78 is 7.22. The fourth-order valence-corrected chi connectivity index (χ4v) is 3.66. The lowest BCUT2D eigenvalue weighted by Gasteiger charge is -2.22. The van der Waals surface area contributed by atoms with Crippen molar-refractivity contribution in [2.24, 2.45) is 7.05 Å². The minimum Gasteiger partial charge on any atom is -0.466 e. The van der Waals surface area contributed by atoms with Crippen molar-refractivity contribution >= 4 is 17.5 Å². The number of amides is 1. The molecule has 3 rings (SSSR count). The molecule has 3 heterocycles. The molecule has 0 N–H and O–H groups in total. The number of aromatic nitrogens is 2. The van der Waals surface area contributed by atoms with E-state index in [4.69, 9.17) is 16.0 Å². The fourth-order valence-electron chi connectivity index (χ4n) is 3.42. The average Bonchev–Trinajstić information content (AvgIpc) is 2.90. The smallest absolute Gasteiger partial charge is 0.257 e. The predicted molar refractivity (Wildman–Crippen MR) is 96.9 cm³/mol. The molecular formula is C18H25ClN4O2. The van der Waals surface area contributed by atoms with Crippen molar-refractivity contribution in [1.29, 1.82) is 0 Å². The highest BCUT2D eigenvalue weighted by Crippen LogP contribution is 2.22. The molecule has 0 aromatic carbocycles. The van der Waals surface area contributed by atoms with Gasteiger partial charge >= 0.3 is 0 Å². The first kappa shape index (κ1) is 18.0. The van der Waals surface area contributed by atoms with Crippen molar-refractivity contribution in [1.82, 2.24) is 19.6 Å². The molecule has 6 nitrogen and oxygen atoms in total. The van der Waals surface area contributed by atoms with E-state index in [0.29, 0.717) is 23.0 Å². The van der Waals surface area contributed by atoms with Gasteiger partial charge in [-0.2, -0.15) is 5.10 Å². The Kier molecular flexibility index (Phi) is 5.20. The first-order chi connectivity index (χ1) is 11.9. The average molecular weight is 365 g/mol. The molecule has 0 aliphatic carbocycles. The van der Waals surface area contributed by atoms with Crippen molar-refractivity contribution in [3.05, 3.63) is 39.6 Å². The SMILES string of the molecule is Cc1cc(C(=O)N2CCCN(Cc3c(C)nn(C)c3Cl)CC2)c(C)o1. The monoisotopic (exact) mass is 364 g/mol. The Labute approximate surface area is 153 Å². The number of carbonyl (C=O) groups is 1. The Balaban J connectivity index is 1.66. The van der Waals surface area contributed by atoms with Gasteiger partial charge in [0.25, 0.3) is 5.91 Å². The molecule has 0 radical (unpaired) electrons. The molecule has 7 heteroatoms. The van der Waals surface area contributed by atoms with Crippen LogP contribution in [0, 0.1) is 20.8 Å². The van der Waals surface area contributed by atoms with Crippen LogP contribution in [0.5, 0.6) is 0 Å². The highest BCUT2D eigenvalue weighted by atomic mass is 35.5. The third kappa shape index (κ3) is 3.75. The van der Waals surface area contributed by atoms with Gasteiger partial charge in [-0.15, -0.1) is 0 Å². The summed E-state index contributed by atoms with van der Waals surface area (Å²) in [5.41, 5.74) is 2.72. The zero-order valence-corrected chi connectivity index (χ0v) is 16.1.